The van der Waals surface area contributed by atoms with Crippen molar-refractivity contribution in [1.82, 2.24) is 4.98 Å². The first-order valence-electron chi connectivity index (χ1n) is 7.14. The summed E-state index contributed by atoms with van der Waals surface area (Å²) in [6.07, 6.45) is 0. The molecule has 0 aliphatic carbocycles. The first-order chi connectivity index (χ1) is 8.77. The van der Waals surface area contributed by atoms with Crippen molar-refractivity contribution in [2.24, 2.45) is 0 Å². The normalized spacial score (nSPS) is 11.6. The van der Waals surface area contributed by atoms with E-state index in [9.17, 15) is 0 Å². The Bertz CT molecular complexity index is 664. The van der Waals surface area contributed by atoms with Gasteiger partial charge in [-0.15, -0.1) is 0 Å². The molecule has 0 unspecified atom stereocenters. The fraction of sp³-hybridized carbons (Fsp3) is 0.500. The average Bonchev–Trinajstić information content (AvgIpc) is 2.32. The summed E-state index contributed by atoms with van der Waals surface area (Å²) in [6.45, 7) is 17.8. The summed E-state index contributed by atoms with van der Waals surface area (Å²) < 4.78 is 0. The van der Waals surface area contributed by atoms with Gasteiger partial charge in [0.1, 0.15) is 0 Å². The smallest absolute Gasteiger partial charge is 0.0457 e. The Morgan fingerprint density at radius 1 is 0.632 bits per heavy atom. The van der Waals surface area contributed by atoms with Crippen molar-refractivity contribution in [1.29, 1.82) is 0 Å². The fourth-order valence-electron chi connectivity index (χ4n) is 3.32. The third kappa shape index (κ3) is 1.96. The second-order valence-corrected chi connectivity index (χ2v) is 6.10. The Kier molecular flexibility index (Phi) is 3.42. The summed E-state index contributed by atoms with van der Waals surface area (Å²) in [5, 5.41) is 2.82. The average molecular weight is 255 g/mol. The van der Waals surface area contributed by atoms with E-state index in [1.165, 1.54) is 44.3 Å². The predicted molar refractivity (Wildman–Crippen MR) is 84.3 cm³/mol. The van der Waals surface area contributed by atoms with Crippen LogP contribution < -0.4 is 0 Å². The van der Waals surface area contributed by atoms with Crippen molar-refractivity contribution < 1.29 is 0 Å². The number of hydrogen-bond acceptors (Lipinski definition) is 1. The van der Waals surface area contributed by atoms with Gasteiger partial charge in [-0.2, -0.15) is 0 Å². The van der Waals surface area contributed by atoms with E-state index in [0.29, 0.717) is 5.92 Å². The van der Waals surface area contributed by atoms with Gasteiger partial charge in [0.2, 0.25) is 0 Å². The molecule has 1 heterocycles. The molecule has 0 bridgehead atoms. The van der Waals surface area contributed by atoms with Crippen LogP contribution in [0.25, 0.3) is 10.8 Å². The van der Waals surface area contributed by atoms with Gasteiger partial charge in [0.05, 0.1) is 0 Å². The summed E-state index contributed by atoms with van der Waals surface area (Å²) in [5.74, 6) is 0.543. The zero-order valence-corrected chi connectivity index (χ0v) is 13.5. The molecule has 0 atom stereocenters. The maximum absolute atomic E-state index is 4.73. The van der Waals surface area contributed by atoms with Gasteiger partial charge >= 0.3 is 0 Å². The Morgan fingerprint density at radius 2 is 1.21 bits per heavy atom. The van der Waals surface area contributed by atoms with E-state index < -0.39 is 0 Å². The summed E-state index contributed by atoms with van der Waals surface area (Å²) in [4.78, 5) is 4.73. The minimum atomic E-state index is 0.543. The van der Waals surface area contributed by atoms with Gasteiger partial charge in [-0.3, -0.25) is 4.98 Å². The van der Waals surface area contributed by atoms with Crippen molar-refractivity contribution in [3.8, 4) is 0 Å². The molecule has 0 radical (unpaired) electrons. The molecule has 0 saturated carbocycles. The van der Waals surface area contributed by atoms with Crippen LogP contribution in [0.15, 0.2) is 0 Å². The largest absolute Gasteiger partial charge is 0.258 e. The van der Waals surface area contributed by atoms with Crippen molar-refractivity contribution in [2.75, 3.05) is 0 Å². The quantitative estimate of drug-likeness (QED) is 0.681. The van der Waals surface area contributed by atoms with E-state index in [2.05, 4.69) is 55.4 Å². The van der Waals surface area contributed by atoms with Crippen LogP contribution in [0.5, 0.6) is 0 Å². The first-order valence-corrected chi connectivity index (χ1v) is 7.14. The van der Waals surface area contributed by atoms with Gasteiger partial charge in [0, 0.05) is 16.8 Å². The maximum atomic E-state index is 4.73. The van der Waals surface area contributed by atoms with Crippen LogP contribution in [0.4, 0.5) is 0 Å². The lowest BCUT2D eigenvalue weighted by Gasteiger charge is -2.22. The molecule has 0 amide bonds. The van der Waals surface area contributed by atoms with E-state index >= 15 is 0 Å². The molecule has 1 nitrogen and oxygen atoms in total. The standard InChI is InChI=1S/C18H25N/c1-9(2)16-11(4)10(3)12(5)17-15(8)19-14(7)13(6)18(16)17/h9H,1-8H3. The molecule has 2 aromatic rings. The van der Waals surface area contributed by atoms with Crippen molar-refractivity contribution >= 4 is 10.8 Å². The molecule has 0 fully saturated rings. The Labute approximate surface area is 117 Å². The molecule has 0 aliphatic heterocycles. The molecule has 2 rings (SSSR count). The van der Waals surface area contributed by atoms with Crippen molar-refractivity contribution in [2.45, 2.75) is 61.3 Å². The van der Waals surface area contributed by atoms with Crippen LogP contribution in [0.3, 0.4) is 0 Å². The fourth-order valence-corrected chi connectivity index (χ4v) is 3.32. The molecule has 19 heavy (non-hydrogen) atoms. The molecular formula is C18H25N. The van der Waals surface area contributed by atoms with Gasteiger partial charge in [-0.25, -0.2) is 0 Å². The lowest BCUT2D eigenvalue weighted by Crippen LogP contribution is -2.05. The predicted octanol–water partition coefficient (Wildman–Crippen LogP) is 5.21. The molecule has 0 saturated heterocycles. The lowest BCUT2D eigenvalue weighted by molar-refractivity contribution is 0.861. The minimum absolute atomic E-state index is 0.543. The van der Waals surface area contributed by atoms with Gasteiger partial charge in [-0.1, -0.05) is 13.8 Å². The van der Waals surface area contributed by atoms with Crippen molar-refractivity contribution in [3.05, 3.63) is 39.2 Å². The highest BCUT2D eigenvalue weighted by atomic mass is 14.7. The number of benzene rings is 1. The Balaban J connectivity index is 3.17. The van der Waals surface area contributed by atoms with Crippen LogP contribution in [-0.4, -0.2) is 4.98 Å². The van der Waals surface area contributed by atoms with E-state index in [1.807, 2.05) is 0 Å². The highest BCUT2D eigenvalue weighted by Gasteiger charge is 2.18. The van der Waals surface area contributed by atoms with Crippen LogP contribution >= 0.6 is 0 Å². The molecular weight excluding hydrogens is 230 g/mol. The van der Waals surface area contributed by atoms with Crippen LogP contribution in [0.2, 0.25) is 0 Å². The first kappa shape index (κ1) is 14.0. The molecule has 0 aliphatic rings. The van der Waals surface area contributed by atoms with E-state index in [0.717, 1.165) is 5.69 Å². The van der Waals surface area contributed by atoms with Crippen LogP contribution in [0.1, 0.15) is 59.0 Å². The highest BCUT2D eigenvalue weighted by molar-refractivity contribution is 5.95. The molecule has 1 aromatic heterocycles. The van der Waals surface area contributed by atoms with Crippen LogP contribution in [0, 0.1) is 41.5 Å². The highest BCUT2D eigenvalue weighted by Crippen LogP contribution is 2.37. The molecule has 102 valence electrons. The lowest BCUT2D eigenvalue weighted by atomic mass is 9.84. The Morgan fingerprint density at radius 3 is 1.74 bits per heavy atom. The van der Waals surface area contributed by atoms with E-state index in [4.69, 9.17) is 4.98 Å². The van der Waals surface area contributed by atoms with E-state index in [1.54, 1.807) is 0 Å². The number of aromatic nitrogens is 1. The zero-order valence-electron chi connectivity index (χ0n) is 13.5. The van der Waals surface area contributed by atoms with Crippen molar-refractivity contribution in [3.63, 3.8) is 0 Å². The number of pyridine rings is 1. The maximum Gasteiger partial charge on any atom is 0.0457 e. The number of hydrogen-bond donors (Lipinski definition) is 0. The Hall–Kier alpha value is -1.37. The minimum Gasteiger partial charge on any atom is -0.258 e. The van der Waals surface area contributed by atoms with Gasteiger partial charge < -0.3 is 0 Å². The summed E-state index contributed by atoms with van der Waals surface area (Å²) in [5.41, 5.74) is 9.44. The second kappa shape index (κ2) is 4.63. The summed E-state index contributed by atoms with van der Waals surface area (Å²) in [6, 6.07) is 0. The zero-order chi connectivity index (χ0) is 14.5. The number of rotatable bonds is 1. The van der Waals surface area contributed by atoms with Crippen LogP contribution in [-0.2, 0) is 0 Å². The number of nitrogens with zero attached hydrogens (tertiary/aromatic N) is 1. The summed E-state index contributed by atoms with van der Waals surface area (Å²) >= 11 is 0. The van der Waals surface area contributed by atoms with E-state index in [-0.39, 0.29) is 0 Å². The third-order valence-corrected chi connectivity index (χ3v) is 4.62. The molecule has 1 aromatic carbocycles. The van der Waals surface area contributed by atoms with Gasteiger partial charge in [-0.05, 0) is 80.7 Å². The molecule has 0 N–H and O–H groups in total. The molecule has 1 heteroatoms. The van der Waals surface area contributed by atoms with Gasteiger partial charge in [0.15, 0.2) is 0 Å². The number of aryl methyl sites for hydroxylation is 4. The van der Waals surface area contributed by atoms with Gasteiger partial charge in [0.25, 0.3) is 0 Å². The SMILES string of the molecule is Cc1nc(C)c2c(C)c(C)c(C)c(C(C)C)c2c1C. The third-order valence-electron chi connectivity index (χ3n) is 4.62. The summed E-state index contributed by atoms with van der Waals surface area (Å²) in [7, 11) is 0. The second-order valence-electron chi connectivity index (χ2n) is 6.10. The topological polar surface area (TPSA) is 12.9 Å². The monoisotopic (exact) mass is 255 g/mol. The molecule has 0 spiro atoms. The number of fused-ring (bicyclic) bond motifs is 1.